The van der Waals surface area contributed by atoms with Crippen LogP contribution in [0.25, 0.3) is 0 Å². The predicted molar refractivity (Wildman–Crippen MR) is 112 cm³/mol. The van der Waals surface area contributed by atoms with Crippen LogP contribution in [0.15, 0.2) is 52.1 Å². The van der Waals surface area contributed by atoms with E-state index in [1.54, 1.807) is 0 Å². The molecule has 1 aliphatic carbocycles. The number of anilines is 1. The second-order valence-electron chi connectivity index (χ2n) is 6.96. The smallest absolute Gasteiger partial charge is 0.191 e. The molecule has 0 aliphatic heterocycles. The lowest BCUT2D eigenvalue weighted by atomic mass is 9.96. The number of nitrogens with zero attached hydrogens (tertiary/aromatic N) is 3. The van der Waals surface area contributed by atoms with Crippen molar-refractivity contribution >= 4 is 27.7 Å². The number of nitrogens with one attached hydrogen (secondary N) is 2. The Labute approximate surface area is 164 Å². The van der Waals surface area contributed by atoms with E-state index in [1.807, 2.05) is 38.3 Å². The van der Waals surface area contributed by atoms with Crippen molar-refractivity contribution in [3.05, 3.63) is 58.2 Å². The number of aliphatic imine (C=N–C) groups is 1. The van der Waals surface area contributed by atoms with Crippen LogP contribution in [0.5, 0.6) is 0 Å². The average molecular weight is 416 g/mol. The van der Waals surface area contributed by atoms with E-state index in [4.69, 9.17) is 0 Å². The van der Waals surface area contributed by atoms with Gasteiger partial charge in [0, 0.05) is 50.3 Å². The van der Waals surface area contributed by atoms with Crippen LogP contribution in [0.2, 0.25) is 0 Å². The zero-order valence-electron chi connectivity index (χ0n) is 15.6. The highest BCUT2D eigenvalue weighted by molar-refractivity contribution is 9.10. The summed E-state index contributed by atoms with van der Waals surface area (Å²) in [6.45, 7) is 1.60. The van der Waals surface area contributed by atoms with Crippen molar-refractivity contribution in [2.24, 2.45) is 4.99 Å². The fraction of sp³-hybridized carbons (Fsp3) is 0.400. The number of pyridine rings is 1. The molecule has 0 atom stereocenters. The minimum Gasteiger partial charge on any atom is -0.363 e. The Morgan fingerprint density at radius 1 is 1.23 bits per heavy atom. The lowest BCUT2D eigenvalue weighted by molar-refractivity contribution is 0.643. The molecule has 5 nitrogen and oxygen atoms in total. The fourth-order valence-corrected chi connectivity index (χ4v) is 3.76. The number of rotatable bonds is 6. The topological polar surface area (TPSA) is 52.6 Å². The van der Waals surface area contributed by atoms with Gasteiger partial charge in [-0.05, 0) is 42.2 Å². The van der Waals surface area contributed by atoms with E-state index >= 15 is 0 Å². The summed E-state index contributed by atoms with van der Waals surface area (Å²) in [6.07, 6.45) is 4.25. The molecule has 3 rings (SSSR count). The van der Waals surface area contributed by atoms with Crippen molar-refractivity contribution < 1.29 is 0 Å². The molecular weight excluding hydrogens is 390 g/mol. The van der Waals surface area contributed by atoms with E-state index in [0.717, 1.165) is 18.3 Å². The first-order valence-corrected chi connectivity index (χ1v) is 9.65. The van der Waals surface area contributed by atoms with Crippen LogP contribution < -0.4 is 15.5 Å². The number of benzene rings is 1. The molecule has 0 saturated heterocycles. The van der Waals surface area contributed by atoms with Gasteiger partial charge in [-0.15, -0.1) is 0 Å². The van der Waals surface area contributed by atoms with Crippen molar-refractivity contribution in [2.75, 3.05) is 32.6 Å². The Hall–Kier alpha value is -2.08. The summed E-state index contributed by atoms with van der Waals surface area (Å²) in [6, 6.07) is 12.6. The maximum atomic E-state index is 4.36. The maximum absolute atomic E-state index is 4.36. The van der Waals surface area contributed by atoms with E-state index in [1.165, 1.54) is 28.4 Å². The van der Waals surface area contributed by atoms with Crippen molar-refractivity contribution in [1.29, 1.82) is 0 Å². The van der Waals surface area contributed by atoms with E-state index < -0.39 is 0 Å². The molecule has 1 aliphatic rings. The third-order valence-electron chi connectivity index (χ3n) is 4.84. The molecule has 2 N–H and O–H groups in total. The number of guanidine groups is 1. The van der Waals surface area contributed by atoms with Gasteiger partial charge in [0.25, 0.3) is 0 Å². The molecule has 1 heterocycles. The summed E-state index contributed by atoms with van der Waals surface area (Å²) in [4.78, 5) is 10.7. The Morgan fingerprint density at radius 2 is 2.00 bits per heavy atom. The molecular formula is C20H26BrN5. The minimum atomic E-state index is 0.215. The molecule has 0 unspecified atom stereocenters. The lowest BCUT2D eigenvalue weighted by Crippen LogP contribution is -2.41. The molecule has 2 aromatic rings. The second-order valence-corrected chi connectivity index (χ2v) is 7.81. The summed E-state index contributed by atoms with van der Waals surface area (Å²) < 4.78 is 1.19. The van der Waals surface area contributed by atoms with E-state index in [9.17, 15) is 0 Å². The summed E-state index contributed by atoms with van der Waals surface area (Å²) in [5, 5.41) is 6.90. The highest BCUT2D eigenvalue weighted by Crippen LogP contribution is 2.49. The van der Waals surface area contributed by atoms with Gasteiger partial charge in [0.2, 0.25) is 0 Å². The lowest BCUT2D eigenvalue weighted by Gasteiger charge is -2.20. The number of halogens is 1. The van der Waals surface area contributed by atoms with E-state index in [2.05, 4.69) is 66.9 Å². The summed E-state index contributed by atoms with van der Waals surface area (Å²) >= 11 is 3.69. The van der Waals surface area contributed by atoms with Gasteiger partial charge < -0.3 is 15.5 Å². The zero-order chi connectivity index (χ0) is 18.6. The van der Waals surface area contributed by atoms with Gasteiger partial charge in [-0.2, -0.15) is 0 Å². The van der Waals surface area contributed by atoms with Gasteiger partial charge in [0.1, 0.15) is 5.82 Å². The van der Waals surface area contributed by atoms with Crippen LogP contribution in [0.3, 0.4) is 0 Å². The van der Waals surface area contributed by atoms with Crippen molar-refractivity contribution in [2.45, 2.75) is 24.8 Å². The third kappa shape index (κ3) is 4.36. The highest BCUT2D eigenvalue weighted by Gasteiger charge is 2.45. The van der Waals surface area contributed by atoms with E-state index in [0.29, 0.717) is 6.54 Å². The van der Waals surface area contributed by atoms with Crippen LogP contribution in [0.1, 0.15) is 24.0 Å². The van der Waals surface area contributed by atoms with E-state index in [-0.39, 0.29) is 5.41 Å². The first-order valence-electron chi connectivity index (χ1n) is 8.86. The van der Waals surface area contributed by atoms with Crippen LogP contribution in [-0.2, 0) is 12.0 Å². The first kappa shape index (κ1) is 18.7. The summed E-state index contributed by atoms with van der Waals surface area (Å²) in [5.41, 5.74) is 2.78. The molecule has 1 aromatic carbocycles. The maximum Gasteiger partial charge on any atom is 0.191 e. The molecule has 0 radical (unpaired) electrons. The number of hydrogen-bond donors (Lipinski definition) is 2. The van der Waals surface area contributed by atoms with Gasteiger partial charge in [-0.3, -0.25) is 4.99 Å². The average Bonchev–Trinajstić information content (AvgIpc) is 3.43. The van der Waals surface area contributed by atoms with Crippen molar-refractivity contribution in [1.82, 2.24) is 15.6 Å². The Morgan fingerprint density at radius 3 is 2.65 bits per heavy atom. The third-order valence-corrected chi connectivity index (χ3v) is 5.54. The SMILES string of the molecule is CN=C(NCc1ccnc(N(C)C)c1)NCC1(c2ccccc2Br)CC1. The Balaban J connectivity index is 1.58. The number of hydrogen-bond acceptors (Lipinski definition) is 3. The van der Waals surface area contributed by atoms with Crippen LogP contribution >= 0.6 is 15.9 Å². The molecule has 0 spiro atoms. The largest absolute Gasteiger partial charge is 0.363 e. The van der Waals surface area contributed by atoms with Gasteiger partial charge in [0.15, 0.2) is 5.96 Å². The fourth-order valence-electron chi connectivity index (χ4n) is 3.06. The van der Waals surface area contributed by atoms with Gasteiger partial charge in [-0.25, -0.2) is 4.98 Å². The van der Waals surface area contributed by atoms with Gasteiger partial charge in [-0.1, -0.05) is 34.1 Å². The second kappa shape index (κ2) is 8.08. The molecule has 6 heteroatoms. The van der Waals surface area contributed by atoms with Crippen LogP contribution in [0, 0.1) is 0 Å². The van der Waals surface area contributed by atoms with Crippen molar-refractivity contribution in [3.8, 4) is 0 Å². The van der Waals surface area contributed by atoms with Crippen molar-refractivity contribution in [3.63, 3.8) is 0 Å². The number of aromatic nitrogens is 1. The monoisotopic (exact) mass is 415 g/mol. The predicted octanol–water partition coefficient (Wildman–Crippen LogP) is 3.31. The molecule has 1 aromatic heterocycles. The summed E-state index contributed by atoms with van der Waals surface area (Å²) in [5.74, 6) is 1.78. The first-order chi connectivity index (χ1) is 12.5. The summed E-state index contributed by atoms with van der Waals surface area (Å²) in [7, 11) is 5.80. The molecule has 138 valence electrons. The normalized spacial score (nSPS) is 15.5. The van der Waals surface area contributed by atoms with Gasteiger partial charge >= 0.3 is 0 Å². The molecule has 1 saturated carbocycles. The standard InChI is InChI=1S/C20H26BrN5/c1-22-19(24-13-15-8-11-23-18(12-15)26(2)3)25-14-20(9-10-20)16-6-4-5-7-17(16)21/h4-8,11-12H,9-10,13-14H2,1-3H3,(H2,22,24,25). The van der Waals surface area contributed by atoms with Crippen LogP contribution in [-0.4, -0.2) is 38.6 Å². The molecule has 0 amide bonds. The quantitative estimate of drug-likeness (QED) is 0.561. The Kier molecular flexibility index (Phi) is 5.81. The van der Waals surface area contributed by atoms with Crippen LogP contribution in [0.4, 0.5) is 5.82 Å². The zero-order valence-corrected chi connectivity index (χ0v) is 17.2. The Bertz CT molecular complexity index is 783. The molecule has 0 bridgehead atoms. The van der Waals surface area contributed by atoms with Gasteiger partial charge in [0.05, 0.1) is 0 Å². The molecule has 26 heavy (non-hydrogen) atoms. The highest BCUT2D eigenvalue weighted by atomic mass is 79.9. The minimum absolute atomic E-state index is 0.215. The molecule has 1 fully saturated rings.